The number of hydrogen-bond acceptors (Lipinski definition) is 2. The summed E-state index contributed by atoms with van der Waals surface area (Å²) in [7, 11) is 0. The van der Waals surface area contributed by atoms with Gasteiger partial charge in [-0.15, -0.1) is 0 Å². The van der Waals surface area contributed by atoms with Gasteiger partial charge in [-0.25, -0.2) is 9.18 Å². The average molecular weight is 249 g/mol. The fourth-order valence-corrected chi connectivity index (χ4v) is 2.76. The lowest BCUT2D eigenvalue weighted by Crippen LogP contribution is -2.22. The van der Waals surface area contributed by atoms with Crippen LogP contribution in [0.3, 0.4) is 0 Å². The minimum Gasteiger partial charge on any atom is -0.351 e. The molecule has 18 heavy (non-hydrogen) atoms. The van der Waals surface area contributed by atoms with E-state index in [9.17, 15) is 9.18 Å². The number of anilines is 1. The van der Waals surface area contributed by atoms with E-state index >= 15 is 0 Å². The van der Waals surface area contributed by atoms with Gasteiger partial charge in [0.1, 0.15) is 0 Å². The Balaban J connectivity index is 2.16. The molecule has 0 saturated heterocycles. The van der Waals surface area contributed by atoms with Gasteiger partial charge in [-0.3, -0.25) is 4.98 Å². The maximum Gasteiger partial charge on any atom is 0.316 e. The first-order valence-electron chi connectivity index (χ1n) is 6.29. The van der Waals surface area contributed by atoms with Crippen molar-refractivity contribution in [3.63, 3.8) is 0 Å². The van der Waals surface area contributed by atoms with Gasteiger partial charge >= 0.3 is 6.03 Å². The lowest BCUT2D eigenvalue weighted by atomic mass is 10.0. The van der Waals surface area contributed by atoms with E-state index in [0.29, 0.717) is 24.2 Å². The number of aryl methyl sites for hydroxylation is 1. The van der Waals surface area contributed by atoms with Crippen LogP contribution in [0.2, 0.25) is 0 Å². The Morgan fingerprint density at radius 3 is 2.78 bits per heavy atom. The summed E-state index contributed by atoms with van der Waals surface area (Å²) in [5.41, 5.74) is 7.77. The summed E-state index contributed by atoms with van der Waals surface area (Å²) < 4.78 is 14.3. The number of amides is 2. The number of carbonyl (C=O) groups is 1. The number of alkyl halides is 1. The molecule has 0 bridgehead atoms. The Hall–Kier alpha value is -1.65. The number of urea groups is 1. The van der Waals surface area contributed by atoms with Gasteiger partial charge < -0.3 is 11.1 Å². The van der Waals surface area contributed by atoms with Crippen LogP contribution in [0.15, 0.2) is 0 Å². The van der Waals surface area contributed by atoms with Crippen molar-refractivity contribution in [2.45, 2.75) is 44.7 Å². The molecular formula is C13H16FN3O. The predicted molar refractivity (Wildman–Crippen MR) is 66.2 cm³/mol. The first-order chi connectivity index (χ1) is 8.51. The van der Waals surface area contributed by atoms with E-state index in [1.165, 1.54) is 0 Å². The number of fused-ring (bicyclic) bond motifs is 1. The summed E-state index contributed by atoms with van der Waals surface area (Å²) in [6.07, 6.45) is 3.77. The molecule has 0 spiro atoms. The third kappa shape index (κ3) is 1.65. The smallest absolute Gasteiger partial charge is 0.316 e. The van der Waals surface area contributed by atoms with Crippen LogP contribution in [0.5, 0.6) is 0 Å². The topological polar surface area (TPSA) is 68.0 Å². The third-order valence-corrected chi connectivity index (χ3v) is 3.83. The van der Waals surface area contributed by atoms with Gasteiger partial charge in [-0.05, 0) is 50.2 Å². The molecule has 1 heterocycles. The summed E-state index contributed by atoms with van der Waals surface area (Å²) >= 11 is 0. The molecule has 0 unspecified atom stereocenters. The highest BCUT2D eigenvalue weighted by Crippen LogP contribution is 2.51. The Labute approximate surface area is 105 Å². The number of nitrogens with one attached hydrogen (secondary N) is 1. The monoisotopic (exact) mass is 249 g/mol. The van der Waals surface area contributed by atoms with Crippen molar-refractivity contribution in [3.8, 4) is 0 Å². The SMILES string of the molecule is Cc1c(C2(F)CC2)nc2c(c1NC(N)=O)CCC2. The number of nitrogens with two attached hydrogens (primary N) is 1. The number of carbonyl (C=O) groups excluding carboxylic acids is 1. The second-order valence-electron chi connectivity index (χ2n) is 5.19. The van der Waals surface area contributed by atoms with E-state index in [1.807, 2.05) is 6.92 Å². The fourth-order valence-electron chi connectivity index (χ4n) is 2.76. The van der Waals surface area contributed by atoms with Crippen LogP contribution < -0.4 is 11.1 Å². The van der Waals surface area contributed by atoms with Gasteiger partial charge in [-0.2, -0.15) is 0 Å². The Morgan fingerprint density at radius 2 is 2.17 bits per heavy atom. The standard InChI is InChI=1S/C13H16FN3O/c1-7-10(17-12(15)18)8-3-2-4-9(8)16-11(7)13(14)5-6-13/h2-6H2,1H3,(H3,15,16,17,18). The molecule has 3 N–H and O–H groups in total. The number of nitrogens with zero attached hydrogens (tertiary/aromatic N) is 1. The van der Waals surface area contributed by atoms with E-state index < -0.39 is 11.7 Å². The first kappa shape index (κ1) is 11.4. The van der Waals surface area contributed by atoms with Crippen molar-refractivity contribution in [2.75, 3.05) is 5.32 Å². The second-order valence-corrected chi connectivity index (χ2v) is 5.19. The van der Waals surface area contributed by atoms with Crippen molar-refractivity contribution in [1.29, 1.82) is 0 Å². The molecule has 2 aliphatic carbocycles. The van der Waals surface area contributed by atoms with Crippen LogP contribution in [0, 0.1) is 6.92 Å². The second kappa shape index (κ2) is 3.67. The minimum atomic E-state index is -1.28. The molecule has 4 nitrogen and oxygen atoms in total. The first-order valence-corrected chi connectivity index (χ1v) is 6.29. The predicted octanol–water partition coefficient (Wildman–Crippen LogP) is 2.33. The van der Waals surface area contributed by atoms with Gasteiger partial charge in [0.25, 0.3) is 0 Å². The highest BCUT2D eigenvalue weighted by Gasteiger charge is 2.48. The molecule has 1 aromatic rings. The van der Waals surface area contributed by atoms with Gasteiger partial charge in [0.2, 0.25) is 0 Å². The van der Waals surface area contributed by atoms with E-state index in [2.05, 4.69) is 10.3 Å². The number of aromatic nitrogens is 1. The quantitative estimate of drug-likeness (QED) is 0.844. The van der Waals surface area contributed by atoms with Crippen molar-refractivity contribution < 1.29 is 9.18 Å². The number of hydrogen-bond donors (Lipinski definition) is 2. The summed E-state index contributed by atoms with van der Waals surface area (Å²) in [6.45, 7) is 1.81. The normalized spacial score (nSPS) is 19.4. The highest BCUT2D eigenvalue weighted by atomic mass is 19.1. The van der Waals surface area contributed by atoms with Crippen LogP contribution in [-0.2, 0) is 18.5 Å². The Morgan fingerprint density at radius 1 is 1.44 bits per heavy atom. The number of pyridine rings is 1. The molecule has 5 heteroatoms. The maximum absolute atomic E-state index is 14.3. The van der Waals surface area contributed by atoms with Crippen LogP contribution in [0.25, 0.3) is 0 Å². The molecule has 96 valence electrons. The molecule has 1 saturated carbocycles. The van der Waals surface area contributed by atoms with E-state index in [-0.39, 0.29) is 0 Å². The van der Waals surface area contributed by atoms with E-state index in [0.717, 1.165) is 36.1 Å². The van der Waals surface area contributed by atoms with Gasteiger partial charge in [0.05, 0.1) is 11.4 Å². The molecule has 1 aromatic heterocycles. The summed E-state index contributed by atoms with van der Waals surface area (Å²) in [5, 5.41) is 2.65. The van der Waals surface area contributed by atoms with Crippen molar-refractivity contribution in [2.24, 2.45) is 5.73 Å². The zero-order valence-corrected chi connectivity index (χ0v) is 10.3. The van der Waals surface area contributed by atoms with Crippen molar-refractivity contribution in [1.82, 2.24) is 4.98 Å². The number of halogens is 1. The van der Waals surface area contributed by atoms with Crippen LogP contribution >= 0.6 is 0 Å². The number of rotatable bonds is 2. The van der Waals surface area contributed by atoms with Crippen LogP contribution in [0.4, 0.5) is 14.9 Å². The zero-order chi connectivity index (χ0) is 12.9. The fraction of sp³-hybridized carbons (Fsp3) is 0.538. The number of primary amides is 1. The molecule has 0 aliphatic heterocycles. The van der Waals surface area contributed by atoms with E-state index in [4.69, 9.17) is 5.73 Å². The molecule has 3 rings (SSSR count). The van der Waals surface area contributed by atoms with Crippen LogP contribution in [0.1, 0.15) is 41.8 Å². The Kier molecular flexibility index (Phi) is 2.33. The van der Waals surface area contributed by atoms with Gasteiger partial charge in [0, 0.05) is 5.69 Å². The van der Waals surface area contributed by atoms with Crippen LogP contribution in [-0.4, -0.2) is 11.0 Å². The minimum absolute atomic E-state index is 0.492. The third-order valence-electron chi connectivity index (χ3n) is 3.83. The van der Waals surface area contributed by atoms with Gasteiger partial charge in [0.15, 0.2) is 5.67 Å². The zero-order valence-electron chi connectivity index (χ0n) is 10.3. The van der Waals surface area contributed by atoms with Crippen molar-refractivity contribution in [3.05, 3.63) is 22.5 Å². The molecule has 2 aliphatic rings. The summed E-state index contributed by atoms with van der Waals surface area (Å²) in [5.74, 6) is 0. The largest absolute Gasteiger partial charge is 0.351 e. The van der Waals surface area contributed by atoms with E-state index in [1.54, 1.807) is 0 Å². The highest BCUT2D eigenvalue weighted by molar-refractivity contribution is 5.90. The Bertz CT molecular complexity index is 538. The molecule has 0 radical (unpaired) electrons. The summed E-state index contributed by atoms with van der Waals surface area (Å²) in [4.78, 5) is 15.6. The molecule has 2 amide bonds. The summed E-state index contributed by atoms with van der Waals surface area (Å²) in [6, 6.07) is -0.604. The van der Waals surface area contributed by atoms with Crippen molar-refractivity contribution >= 4 is 11.7 Å². The maximum atomic E-state index is 14.3. The molecule has 0 atom stereocenters. The average Bonchev–Trinajstić information content (AvgIpc) is 2.89. The lowest BCUT2D eigenvalue weighted by Gasteiger charge is -2.17. The molecule has 1 fully saturated rings. The molecule has 0 aromatic carbocycles. The molecular weight excluding hydrogens is 233 g/mol. The van der Waals surface area contributed by atoms with Gasteiger partial charge in [-0.1, -0.05) is 0 Å². The lowest BCUT2D eigenvalue weighted by molar-refractivity contribution is 0.259.